The van der Waals surface area contributed by atoms with Crippen LogP contribution < -0.4 is 21.5 Å². The Labute approximate surface area is 187 Å². The number of oxime groups is 1. The number of β-lactam (4-membered cyclic amide) rings is 1. The van der Waals surface area contributed by atoms with Crippen LogP contribution >= 0.6 is 11.3 Å². The number of nitrogens with two attached hydrogens (primary N) is 2. The van der Waals surface area contributed by atoms with Crippen LogP contribution in [0, 0.1) is 5.41 Å². The number of amidine groups is 1. The molecule has 0 aliphatic carbocycles. The number of anilines is 1. The number of thiazole rings is 1. The van der Waals surface area contributed by atoms with Gasteiger partial charge >= 0.3 is 0 Å². The topological polar surface area (TPSA) is 199 Å². The van der Waals surface area contributed by atoms with Gasteiger partial charge in [0, 0.05) is 23.2 Å². The maximum absolute atomic E-state index is 12.8. The van der Waals surface area contributed by atoms with Crippen molar-refractivity contribution in [3.8, 4) is 5.88 Å². The minimum absolute atomic E-state index is 0.0234. The highest BCUT2D eigenvalue weighted by Gasteiger charge is 2.78. The van der Waals surface area contributed by atoms with Crippen LogP contribution in [-0.4, -0.2) is 66.0 Å². The number of rotatable bonds is 9. The molecule has 32 heavy (non-hydrogen) atoms. The normalized spacial score (nSPS) is 23.7. The lowest BCUT2D eigenvalue weighted by Gasteiger charge is -2.29. The Hall–Kier alpha value is -3.59. The SMILES string of the molecule is C[C@]12[C@@H](NC(=O)/C(=N\OCCOc3ccc(C(=N)N)cn3)c3csc(N)n3)C(=O)N1S2=O. The molecule has 4 rings (SSSR count). The molecule has 2 aromatic heterocycles. The summed E-state index contributed by atoms with van der Waals surface area (Å²) < 4.78 is 18.4. The molecule has 4 heterocycles. The van der Waals surface area contributed by atoms with Crippen molar-refractivity contribution in [3.05, 3.63) is 35.0 Å². The summed E-state index contributed by atoms with van der Waals surface area (Å²) in [5, 5.41) is 15.5. The number of amides is 2. The van der Waals surface area contributed by atoms with Gasteiger partial charge in [-0.05, 0) is 13.0 Å². The van der Waals surface area contributed by atoms with Gasteiger partial charge in [0.15, 0.2) is 33.3 Å². The van der Waals surface area contributed by atoms with Crippen LogP contribution in [0.5, 0.6) is 5.88 Å². The smallest absolute Gasteiger partial charge is 0.276 e. The van der Waals surface area contributed by atoms with Gasteiger partial charge in [-0.3, -0.25) is 15.0 Å². The predicted octanol–water partition coefficient (Wildman–Crippen LogP) is -1.08. The number of nitrogen functional groups attached to an aromatic ring is 2. The Morgan fingerprint density at radius 2 is 2.25 bits per heavy atom. The largest absolute Gasteiger partial charge is 0.474 e. The Kier molecular flexibility index (Phi) is 5.52. The molecule has 0 radical (unpaired) electrons. The fourth-order valence-electron chi connectivity index (χ4n) is 2.97. The summed E-state index contributed by atoms with van der Waals surface area (Å²) in [5.74, 6) is -0.935. The molecule has 15 heteroatoms. The van der Waals surface area contributed by atoms with Crippen molar-refractivity contribution in [3.63, 3.8) is 0 Å². The quantitative estimate of drug-likeness (QED) is 0.0864. The molecule has 168 valence electrons. The van der Waals surface area contributed by atoms with Crippen molar-refractivity contribution in [1.29, 1.82) is 5.41 Å². The van der Waals surface area contributed by atoms with E-state index in [1.807, 2.05) is 0 Å². The second-order valence-corrected chi connectivity index (χ2v) is 9.41. The fourth-order valence-corrected chi connectivity index (χ4v) is 4.95. The first-order valence-corrected chi connectivity index (χ1v) is 11.1. The highest BCUT2D eigenvalue weighted by molar-refractivity contribution is 7.92. The van der Waals surface area contributed by atoms with Crippen molar-refractivity contribution in [2.24, 2.45) is 10.9 Å². The summed E-state index contributed by atoms with van der Waals surface area (Å²) in [6.07, 6.45) is 1.40. The number of aromatic nitrogens is 2. The molecule has 0 bridgehead atoms. The molecule has 2 amide bonds. The van der Waals surface area contributed by atoms with E-state index in [9.17, 15) is 13.8 Å². The third-order valence-electron chi connectivity index (χ3n) is 4.76. The molecule has 2 saturated heterocycles. The highest BCUT2D eigenvalue weighted by Crippen LogP contribution is 2.52. The van der Waals surface area contributed by atoms with E-state index in [1.54, 1.807) is 19.1 Å². The van der Waals surface area contributed by atoms with E-state index in [-0.39, 0.29) is 35.6 Å². The lowest BCUT2D eigenvalue weighted by atomic mass is 10.0. The van der Waals surface area contributed by atoms with Gasteiger partial charge in [-0.25, -0.2) is 18.5 Å². The minimum atomic E-state index is -1.44. The first kappa shape index (κ1) is 21.6. The first-order valence-electron chi connectivity index (χ1n) is 9.15. The number of carbonyl (C=O) groups is 2. The van der Waals surface area contributed by atoms with Crippen LogP contribution in [0.3, 0.4) is 0 Å². The van der Waals surface area contributed by atoms with Crippen molar-refractivity contribution in [2.75, 3.05) is 18.9 Å². The van der Waals surface area contributed by atoms with Gasteiger partial charge in [-0.2, -0.15) is 0 Å². The zero-order valence-corrected chi connectivity index (χ0v) is 18.2. The Morgan fingerprint density at radius 3 is 2.81 bits per heavy atom. The maximum atomic E-state index is 12.8. The molecule has 2 aliphatic rings. The summed E-state index contributed by atoms with van der Waals surface area (Å²) in [6, 6.07) is 2.23. The van der Waals surface area contributed by atoms with Gasteiger partial charge in [-0.15, -0.1) is 11.3 Å². The van der Waals surface area contributed by atoms with Crippen LogP contribution in [0.25, 0.3) is 0 Å². The molecule has 2 fully saturated rings. The Morgan fingerprint density at radius 1 is 1.47 bits per heavy atom. The Balaban J connectivity index is 1.36. The first-order chi connectivity index (χ1) is 15.2. The molecular formula is C17H18N8O5S2. The predicted molar refractivity (Wildman–Crippen MR) is 115 cm³/mol. The molecule has 0 aromatic carbocycles. The van der Waals surface area contributed by atoms with Gasteiger partial charge in [0.2, 0.25) is 5.88 Å². The lowest BCUT2D eigenvalue weighted by Crippen LogP contribution is -2.62. The second-order valence-electron chi connectivity index (χ2n) is 6.83. The van der Waals surface area contributed by atoms with E-state index in [1.165, 1.54) is 15.9 Å². The summed E-state index contributed by atoms with van der Waals surface area (Å²) in [7, 11) is -1.44. The van der Waals surface area contributed by atoms with Gasteiger partial charge in [0.1, 0.15) is 24.2 Å². The van der Waals surface area contributed by atoms with Crippen molar-refractivity contribution in [2.45, 2.75) is 17.8 Å². The second kappa shape index (κ2) is 8.16. The van der Waals surface area contributed by atoms with E-state index in [0.29, 0.717) is 11.4 Å². The standard InChI is InChI=1S/C17H18N8O5S2/c1-17-12(15(27)25(17)32(17)28)23-14(26)11(9-7-31-16(20)22-9)24-30-5-4-29-10-3-2-8(6-21-10)13(18)19/h2-3,6-7,12H,4-5H2,1H3,(H3,18,19)(H2,20,22)(H,23,26)/b24-11-/t12-,17-,25?,32?/m0/s1. The highest BCUT2D eigenvalue weighted by atomic mass is 32.2. The monoisotopic (exact) mass is 478 g/mol. The summed E-state index contributed by atoms with van der Waals surface area (Å²) in [5.41, 5.74) is 11.5. The average molecular weight is 479 g/mol. The number of ether oxygens (including phenoxy) is 1. The molecule has 0 spiro atoms. The number of hydrogen-bond donors (Lipinski definition) is 4. The van der Waals surface area contributed by atoms with Crippen LogP contribution in [0.15, 0.2) is 28.9 Å². The van der Waals surface area contributed by atoms with Crippen LogP contribution in [-0.2, 0) is 25.4 Å². The van der Waals surface area contributed by atoms with Gasteiger partial charge in [0.05, 0.1) is 0 Å². The number of carbonyl (C=O) groups excluding carboxylic acids is 2. The lowest BCUT2D eigenvalue weighted by molar-refractivity contribution is -0.139. The Bertz CT molecular complexity index is 1150. The van der Waals surface area contributed by atoms with Gasteiger partial charge in [-0.1, -0.05) is 5.16 Å². The number of nitrogens with zero attached hydrogens (tertiary/aromatic N) is 4. The minimum Gasteiger partial charge on any atom is -0.474 e. The number of hydrogen-bond acceptors (Lipinski definition) is 11. The fraction of sp³-hybridized carbons (Fsp3) is 0.294. The maximum Gasteiger partial charge on any atom is 0.276 e. The van der Waals surface area contributed by atoms with E-state index in [4.69, 9.17) is 26.5 Å². The molecule has 2 aromatic rings. The summed E-state index contributed by atoms with van der Waals surface area (Å²) in [4.78, 5) is 37.1. The molecule has 3 atom stereocenters. The van der Waals surface area contributed by atoms with E-state index in [0.717, 1.165) is 11.3 Å². The molecule has 13 nitrogen and oxygen atoms in total. The summed E-state index contributed by atoms with van der Waals surface area (Å²) in [6.45, 7) is 1.67. The third-order valence-corrected chi connectivity index (χ3v) is 7.27. The van der Waals surface area contributed by atoms with E-state index >= 15 is 0 Å². The van der Waals surface area contributed by atoms with E-state index in [2.05, 4.69) is 20.4 Å². The van der Waals surface area contributed by atoms with E-state index < -0.39 is 33.7 Å². The van der Waals surface area contributed by atoms with Crippen LogP contribution in [0.1, 0.15) is 18.2 Å². The zero-order valence-electron chi connectivity index (χ0n) is 16.6. The number of fused-ring (bicyclic) bond motifs is 1. The van der Waals surface area contributed by atoms with Crippen LogP contribution in [0.4, 0.5) is 5.13 Å². The number of nitrogens with one attached hydrogen (secondary N) is 2. The number of pyridine rings is 1. The molecule has 0 saturated carbocycles. The summed E-state index contributed by atoms with van der Waals surface area (Å²) >= 11 is 1.11. The van der Waals surface area contributed by atoms with Crippen LogP contribution in [0.2, 0.25) is 0 Å². The van der Waals surface area contributed by atoms with Crippen molar-refractivity contribution in [1.82, 2.24) is 19.6 Å². The molecule has 1 unspecified atom stereocenters. The molecular weight excluding hydrogens is 460 g/mol. The average Bonchev–Trinajstić information content (AvgIpc) is 3.02. The van der Waals surface area contributed by atoms with Gasteiger partial charge < -0.3 is 26.4 Å². The van der Waals surface area contributed by atoms with Crippen molar-refractivity contribution >= 4 is 50.8 Å². The van der Waals surface area contributed by atoms with Crippen molar-refractivity contribution < 1.29 is 23.4 Å². The zero-order chi connectivity index (χ0) is 23.0. The molecule has 6 N–H and O–H groups in total. The molecule has 2 aliphatic heterocycles. The third kappa shape index (κ3) is 3.75. The van der Waals surface area contributed by atoms with Gasteiger partial charge in [0.25, 0.3) is 11.8 Å².